The van der Waals surface area contributed by atoms with Crippen LogP contribution < -0.4 is 5.32 Å². The molecule has 2 heterocycles. The number of nitrogens with one attached hydrogen (secondary N) is 1. The number of para-hydroxylation sites is 1. The molecule has 2 aromatic carbocycles. The Labute approximate surface area is 162 Å². The van der Waals surface area contributed by atoms with Crippen molar-refractivity contribution in [2.24, 2.45) is 0 Å². The van der Waals surface area contributed by atoms with E-state index in [0.717, 1.165) is 28.3 Å². The maximum atomic E-state index is 12.9. The number of tetrazole rings is 1. The average molecular weight is 372 g/mol. The third kappa shape index (κ3) is 3.18. The van der Waals surface area contributed by atoms with Gasteiger partial charge in [-0.15, -0.1) is 5.10 Å². The second kappa shape index (κ2) is 7.11. The molecule has 0 saturated heterocycles. The molecule has 0 fully saturated rings. The van der Waals surface area contributed by atoms with Gasteiger partial charge in [-0.3, -0.25) is 4.79 Å². The molecule has 0 radical (unpaired) electrons. The van der Waals surface area contributed by atoms with Crippen LogP contribution in [-0.2, 0) is 0 Å². The molecule has 4 rings (SSSR count). The molecule has 0 atom stereocenters. The monoisotopic (exact) mass is 372 g/mol. The number of amides is 1. The number of nitrogens with zero attached hydrogens (tertiary/aromatic N) is 5. The van der Waals surface area contributed by atoms with E-state index in [2.05, 4.69) is 25.4 Å². The Morgan fingerprint density at radius 2 is 1.79 bits per heavy atom. The molecule has 140 valence electrons. The highest BCUT2D eigenvalue weighted by Crippen LogP contribution is 2.23. The molecule has 1 amide bonds. The van der Waals surface area contributed by atoms with E-state index in [1.807, 2.05) is 75.4 Å². The highest BCUT2D eigenvalue weighted by Gasteiger charge is 2.17. The molecule has 0 unspecified atom stereocenters. The van der Waals surface area contributed by atoms with Gasteiger partial charge in [-0.1, -0.05) is 24.3 Å². The van der Waals surface area contributed by atoms with Crippen molar-refractivity contribution >= 4 is 11.6 Å². The minimum absolute atomic E-state index is 0.151. The molecule has 1 N–H and O–H groups in total. The Morgan fingerprint density at radius 3 is 2.50 bits per heavy atom. The Kier molecular flexibility index (Phi) is 4.49. The van der Waals surface area contributed by atoms with Crippen LogP contribution in [0.1, 0.15) is 27.3 Å². The van der Waals surface area contributed by atoms with Gasteiger partial charge in [0, 0.05) is 22.8 Å². The zero-order valence-corrected chi connectivity index (χ0v) is 15.9. The Hall–Kier alpha value is -3.74. The van der Waals surface area contributed by atoms with Gasteiger partial charge in [0.05, 0.1) is 11.3 Å². The summed E-state index contributed by atoms with van der Waals surface area (Å²) < 4.78 is 3.66. The largest absolute Gasteiger partial charge is 0.322 e. The number of carbonyl (C=O) groups is 1. The summed E-state index contributed by atoms with van der Waals surface area (Å²) in [6.45, 7) is 5.92. The summed E-state index contributed by atoms with van der Waals surface area (Å²) in [5.74, 6) is -0.151. The minimum atomic E-state index is -0.151. The molecule has 0 spiro atoms. The number of hydrogen-bond donors (Lipinski definition) is 1. The standard InChI is InChI=1S/C21H20N6O/c1-14-9-10-17(12-20(14)26-13-22-24-25-26)23-21(28)19-11-15(2)27(16(19)3)18-7-5-4-6-8-18/h4-13H,1-3H3,(H,23,28). The molecular weight excluding hydrogens is 352 g/mol. The molecule has 0 aliphatic rings. The number of carbonyl (C=O) groups excluding carboxylic acids is 1. The first-order valence-electron chi connectivity index (χ1n) is 8.94. The van der Waals surface area contributed by atoms with E-state index in [1.165, 1.54) is 6.33 Å². The molecule has 2 aromatic heterocycles. The second-order valence-corrected chi connectivity index (χ2v) is 6.67. The van der Waals surface area contributed by atoms with E-state index in [9.17, 15) is 4.79 Å². The van der Waals surface area contributed by atoms with Crippen molar-refractivity contribution in [2.75, 3.05) is 5.32 Å². The van der Waals surface area contributed by atoms with Crippen molar-refractivity contribution in [3.63, 3.8) is 0 Å². The van der Waals surface area contributed by atoms with Gasteiger partial charge in [-0.2, -0.15) is 0 Å². The lowest BCUT2D eigenvalue weighted by atomic mass is 10.1. The van der Waals surface area contributed by atoms with Crippen LogP contribution in [0, 0.1) is 20.8 Å². The Balaban J connectivity index is 1.64. The lowest BCUT2D eigenvalue weighted by molar-refractivity contribution is 0.102. The third-order valence-electron chi connectivity index (χ3n) is 4.75. The maximum Gasteiger partial charge on any atom is 0.257 e. The third-order valence-corrected chi connectivity index (χ3v) is 4.75. The van der Waals surface area contributed by atoms with Crippen molar-refractivity contribution in [2.45, 2.75) is 20.8 Å². The van der Waals surface area contributed by atoms with Crippen molar-refractivity contribution in [1.29, 1.82) is 0 Å². The van der Waals surface area contributed by atoms with E-state index in [0.29, 0.717) is 11.3 Å². The fourth-order valence-electron chi connectivity index (χ4n) is 3.37. The van der Waals surface area contributed by atoms with Gasteiger partial charge in [0.1, 0.15) is 6.33 Å². The molecule has 0 saturated carbocycles. The molecule has 7 heteroatoms. The zero-order chi connectivity index (χ0) is 19.7. The summed E-state index contributed by atoms with van der Waals surface area (Å²) in [5.41, 5.74) is 6.09. The van der Waals surface area contributed by atoms with Crippen LogP contribution >= 0.6 is 0 Å². The summed E-state index contributed by atoms with van der Waals surface area (Å²) in [6.07, 6.45) is 1.53. The van der Waals surface area contributed by atoms with Crippen molar-refractivity contribution in [3.8, 4) is 11.4 Å². The van der Waals surface area contributed by atoms with Crippen LogP contribution in [-0.4, -0.2) is 30.7 Å². The van der Waals surface area contributed by atoms with Gasteiger partial charge in [0.15, 0.2) is 0 Å². The SMILES string of the molecule is Cc1ccc(NC(=O)c2cc(C)n(-c3ccccc3)c2C)cc1-n1cnnn1. The van der Waals surface area contributed by atoms with Crippen molar-refractivity contribution < 1.29 is 4.79 Å². The van der Waals surface area contributed by atoms with Gasteiger partial charge in [-0.05, 0) is 67.1 Å². The summed E-state index contributed by atoms with van der Waals surface area (Å²) >= 11 is 0. The highest BCUT2D eigenvalue weighted by molar-refractivity contribution is 6.05. The van der Waals surface area contributed by atoms with Gasteiger partial charge in [-0.25, -0.2) is 4.68 Å². The van der Waals surface area contributed by atoms with Gasteiger partial charge < -0.3 is 9.88 Å². The van der Waals surface area contributed by atoms with E-state index < -0.39 is 0 Å². The van der Waals surface area contributed by atoms with Gasteiger partial charge in [0.25, 0.3) is 5.91 Å². The first-order valence-corrected chi connectivity index (χ1v) is 8.94. The molecule has 4 aromatic rings. The van der Waals surface area contributed by atoms with E-state index in [4.69, 9.17) is 0 Å². The highest BCUT2D eigenvalue weighted by atomic mass is 16.1. The van der Waals surface area contributed by atoms with Gasteiger partial charge >= 0.3 is 0 Å². The summed E-state index contributed by atoms with van der Waals surface area (Å²) in [6, 6.07) is 17.6. The molecule has 28 heavy (non-hydrogen) atoms. The average Bonchev–Trinajstić information content (AvgIpc) is 3.32. The fraction of sp³-hybridized carbons (Fsp3) is 0.143. The Bertz CT molecular complexity index is 1130. The summed E-state index contributed by atoms with van der Waals surface area (Å²) in [5, 5.41) is 14.3. The maximum absolute atomic E-state index is 12.9. The van der Waals surface area contributed by atoms with E-state index >= 15 is 0 Å². The number of rotatable bonds is 4. The normalized spacial score (nSPS) is 10.8. The van der Waals surface area contributed by atoms with Gasteiger partial charge in [0.2, 0.25) is 0 Å². The van der Waals surface area contributed by atoms with Crippen LogP contribution in [0.4, 0.5) is 5.69 Å². The molecular formula is C21H20N6O. The van der Waals surface area contributed by atoms with Crippen molar-refractivity contribution in [3.05, 3.63) is 83.4 Å². The number of aromatic nitrogens is 5. The summed E-state index contributed by atoms with van der Waals surface area (Å²) in [7, 11) is 0. The Morgan fingerprint density at radius 1 is 1.00 bits per heavy atom. The predicted molar refractivity (Wildman–Crippen MR) is 107 cm³/mol. The summed E-state index contributed by atoms with van der Waals surface area (Å²) in [4.78, 5) is 12.9. The van der Waals surface area contributed by atoms with E-state index in [1.54, 1.807) is 4.68 Å². The molecule has 0 aliphatic carbocycles. The van der Waals surface area contributed by atoms with Crippen LogP contribution in [0.25, 0.3) is 11.4 Å². The number of hydrogen-bond acceptors (Lipinski definition) is 4. The first-order chi connectivity index (χ1) is 13.5. The van der Waals surface area contributed by atoms with Crippen molar-refractivity contribution in [1.82, 2.24) is 24.8 Å². The number of anilines is 1. The minimum Gasteiger partial charge on any atom is -0.322 e. The van der Waals surface area contributed by atoms with Crippen LogP contribution in [0.2, 0.25) is 0 Å². The quantitative estimate of drug-likeness (QED) is 0.593. The lowest BCUT2D eigenvalue weighted by Gasteiger charge is -2.11. The first kappa shape index (κ1) is 17.7. The number of benzene rings is 2. The second-order valence-electron chi connectivity index (χ2n) is 6.67. The smallest absolute Gasteiger partial charge is 0.257 e. The molecule has 0 bridgehead atoms. The topological polar surface area (TPSA) is 77.6 Å². The van der Waals surface area contributed by atoms with Crippen LogP contribution in [0.3, 0.4) is 0 Å². The van der Waals surface area contributed by atoms with E-state index in [-0.39, 0.29) is 5.91 Å². The van der Waals surface area contributed by atoms with Crippen LogP contribution in [0.5, 0.6) is 0 Å². The molecule has 7 nitrogen and oxygen atoms in total. The number of aryl methyl sites for hydroxylation is 2. The fourth-order valence-corrected chi connectivity index (χ4v) is 3.37. The predicted octanol–water partition coefficient (Wildman–Crippen LogP) is 3.63. The molecule has 0 aliphatic heterocycles. The zero-order valence-electron chi connectivity index (χ0n) is 15.9. The lowest BCUT2D eigenvalue weighted by Crippen LogP contribution is -2.13. The van der Waals surface area contributed by atoms with Crippen LogP contribution in [0.15, 0.2) is 60.9 Å².